The molecule has 0 spiro atoms. The van der Waals surface area contributed by atoms with Crippen LogP contribution in [0.2, 0.25) is 0 Å². The third kappa shape index (κ3) is 6.48. The van der Waals surface area contributed by atoms with Crippen molar-refractivity contribution < 1.29 is 28.8 Å². The molecule has 2 N–H and O–H groups in total. The number of aromatic amines is 1. The minimum absolute atomic E-state index is 0.0967. The molecular weight excluding hydrogens is 516 g/mol. The zero-order valence-corrected chi connectivity index (χ0v) is 22.5. The number of carbonyl (C=O) groups excluding carboxylic acids is 1. The maximum absolute atomic E-state index is 12.8. The Kier molecular flexibility index (Phi) is 9.49. The molecule has 1 aliphatic heterocycles. The van der Waals surface area contributed by atoms with Gasteiger partial charge in [0.25, 0.3) is 5.56 Å². The summed E-state index contributed by atoms with van der Waals surface area (Å²) in [7, 11) is 0. The lowest BCUT2D eigenvalue weighted by Crippen LogP contribution is -2.57. The van der Waals surface area contributed by atoms with E-state index in [1.807, 2.05) is 60.7 Å². The topological polar surface area (TPSA) is 129 Å². The highest BCUT2D eigenvalue weighted by Gasteiger charge is 2.61. The fourth-order valence-corrected chi connectivity index (χ4v) is 4.87. The van der Waals surface area contributed by atoms with Crippen LogP contribution in [0.4, 0.5) is 0 Å². The molecule has 3 aromatic rings. The summed E-state index contributed by atoms with van der Waals surface area (Å²) in [4.78, 5) is 39.4. The van der Waals surface area contributed by atoms with Crippen molar-refractivity contribution in [1.82, 2.24) is 9.55 Å². The number of aryl methyl sites for hydroxylation is 1. The quantitative estimate of drug-likeness (QED) is 0.260. The van der Waals surface area contributed by atoms with Crippen LogP contribution in [0.5, 0.6) is 0 Å². The summed E-state index contributed by atoms with van der Waals surface area (Å²) in [6.07, 6.45) is -1.76. The van der Waals surface area contributed by atoms with Gasteiger partial charge in [0.15, 0.2) is 11.8 Å². The Balaban J connectivity index is 1.78. The van der Waals surface area contributed by atoms with Gasteiger partial charge in [-0.25, -0.2) is 4.79 Å². The fourth-order valence-electron chi connectivity index (χ4n) is 4.87. The molecule has 10 heteroatoms. The average molecular weight is 551 g/mol. The van der Waals surface area contributed by atoms with Crippen molar-refractivity contribution >= 4 is 5.97 Å². The average Bonchev–Trinajstić information content (AvgIpc) is 3.22. The summed E-state index contributed by atoms with van der Waals surface area (Å²) in [6, 6.07) is 18.8. The second-order valence-corrected chi connectivity index (χ2v) is 9.75. The van der Waals surface area contributed by atoms with Crippen molar-refractivity contribution in [3.63, 3.8) is 0 Å². The Morgan fingerprint density at radius 1 is 1.12 bits per heavy atom. The first-order valence-corrected chi connectivity index (χ1v) is 13.0. The van der Waals surface area contributed by atoms with Crippen molar-refractivity contribution in [3.8, 4) is 0 Å². The standard InChI is InChI=1S/C30H34N2O8/c1-4-11-24(39-21(3)33)30(19-37-17-22-12-7-5-8-13-22)26(38-18-23-14-9-6-10-15-23)25(34)28(40-30)32-16-20(2)27(35)31-29(32)36/h4-10,12-16,24-26,28,34H,1,11,17-19H2,2-3H3,(H,31,35,36)/t24-,25+,26-,28+,30-/m0/s1. The minimum Gasteiger partial charge on any atom is -0.459 e. The molecular formula is C30H34N2O8. The van der Waals surface area contributed by atoms with Crippen LogP contribution in [0.15, 0.2) is 89.1 Å². The zero-order valence-electron chi connectivity index (χ0n) is 22.5. The van der Waals surface area contributed by atoms with E-state index in [9.17, 15) is 19.5 Å². The number of nitrogens with zero attached hydrogens (tertiary/aromatic N) is 1. The lowest BCUT2D eigenvalue weighted by molar-refractivity contribution is -0.215. The van der Waals surface area contributed by atoms with Gasteiger partial charge in [0, 0.05) is 25.1 Å². The molecule has 1 aliphatic rings. The minimum atomic E-state index is -1.56. The largest absolute Gasteiger partial charge is 0.459 e. The molecule has 1 fully saturated rings. The van der Waals surface area contributed by atoms with Crippen LogP contribution >= 0.6 is 0 Å². The van der Waals surface area contributed by atoms with Crippen LogP contribution in [-0.2, 0) is 37.0 Å². The molecule has 0 bridgehead atoms. The molecule has 10 nitrogen and oxygen atoms in total. The van der Waals surface area contributed by atoms with Crippen molar-refractivity contribution in [2.45, 2.75) is 63.6 Å². The number of hydrogen-bond donors (Lipinski definition) is 2. The first-order valence-electron chi connectivity index (χ1n) is 13.0. The highest BCUT2D eigenvalue weighted by molar-refractivity contribution is 5.66. The number of rotatable bonds is 12. The van der Waals surface area contributed by atoms with Gasteiger partial charge in [-0.2, -0.15) is 0 Å². The van der Waals surface area contributed by atoms with Gasteiger partial charge in [-0.05, 0) is 18.1 Å². The number of esters is 1. The van der Waals surface area contributed by atoms with Crippen molar-refractivity contribution in [1.29, 1.82) is 0 Å². The smallest absolute Gasteiger partial charge is 0.330 e. The van der Waals surface area contributed by atoms with Crippen LogP contribution in [-0.4, -0.2) is 51.1 Å². The second kappa shape index (κ2) is 13.0. The summed E-state index contributed by atoms with van der Waals surface area (Å²) >= 11 is 0. The number of nitrogens with one attached hydrogen (secondary N) is 1. The van der Waals surface area contributed by atoms with Crippen LogP contribution < -0.4 is 11.2 Å². The molecule has 40 heavy (non-hydrogen) atoms. The van der Waals surface area contributed by atoms with E-state index in [1.165, 1.54) is 20.0 Å². The SMILES string of the molecule is C=CC[C@H](OC(C)=O)[C@]1(COCc2ccccc2)O[C@@H](n2cc(C)c(=O)[nH]c2=O)[C@H](O)[C@@H]1OCc1ccccc1. The van der Waals surface area contributed by atoms with E-state index in [0.717, 1.165) is 15.7 Å². The van der Waals surface area contributed by atoms with Crippen LogP contribution in [0.3, 0.4) is 0 Å². The molecule has 0 amide bonds. The third-order valence-electron chi connectivity index (χ3n) is 6.79. The number of carbonyl (C=O) groups is 1. The van der Waals surface area contributed by atoms with Crippen LogP contribution in [0, 0.1) is 6.92 Å². The molecule has 212 valence electrons. The highest BCUT2D eigenvalue weighted by atomic mass is 16.6. The lowest BCUT2D eigenvalue weighted by Gasteiger charge is -2.39. The zero-order chi connectivity index (χ0) is 28.7. The normalized spacial score (nSPS) is 23.0. The summed E-state index contributed by atoms with van der Waals surface area (Å²) in [5.74, 6) is -0.574. The van der Waals surface area contributed by atoms with Gasteiger partial charge >= 0.3 is 11.7 Å². The number of aliphatic hydroxyl groups is 1. The molecule has 0 radical (unpaired) electrons. The number of benzene rings is 2. The molecule has 4 rings (SSSR count). The number of aliphatic hydroxyl groups excluding tert-OH is 1. The Morgan fingerprint density at radius 3 is 2.35 bits per heavy atom. The highest BCUT2D eigenvalue weighted by Crippen LogP contribution is 2.43. The maximum Gasteiger partial charge on any atom is 0.330 e. The summed E-state index contributed by atoms with van der Waals surface area (Å²) < 4.78 is 25.7. The first kappa shape index (κ1) is 29.2. The van der Waals surface area contributed by atoms with E-state index < -0.39 is 47.4 Å². The predicted molar refractivity (Wildman–Crippen MR) is 146 cm³/mol. The van der Waals surface area contributed by atoms with Crippen molar-refractivity contribution in [3.05, 3.63) is 117 Å². The second-order valence-electron chi connectivity index (χ2n) is 9.75. The van der Waals surface area contributed by atoms with Gasteiger partial charge < -0.3 is 24.1 Å². The predicted octanol–water partition coefficient (Wildman–Crippen LogP) is 2.78. The molecule has 2 aromatic carbocycles. The first-order chi connectivity index (χ1) is 19.2. The monoisotopic (exact) mass is 550 g/mol. The van der Waals surface area contributed by atoms with Crippen LogP contribution in [0.1, 0.15) is 36.3 Å². The van der Waals surface area contributed by atoms with Gasteiger partial charge in [-0.1, -0.05) is 66.7 Å². The Labute approximate surface area is 231 Å². The lowest BCUT2D eigenvalue weighted by atomic mass is 9.87. The fraction of sp³-hybridized carbons (Fsp3) is 0.367. The molecule has 5 atom stereocenters. The van der Waals surface area contributed by atoms with E-state index in [-0.39, 0.29) is 31.8 Å². The number of H-pyrrole nitrogens is 1. The van der Waals surface area contributed by atoms with Gasteiger partial charge in [0.05, 0.1) is 19.8 Å². The third-order valence-corrected chi connectivity index (χ3v) is 6.79. The van der Waals surface area contributed by atoms with E-state index in [0.29, 0.717) is 0 Å². The maximum atomic E-state index is 12.8. The van der Waals surface area contributed by atoms with Crippen LogP contribution in [0.25, 0.3) is 0 Å². The van der Waals surface area contributed by atoms with E-state index in [1.54, 1.807) is 6.08 Å². The Morgan fingerprint density at radius 2 is 1.75 bits per heavy atom. The Hall–Kier alpha value is -3.83. The summed E-state index contributed by atoms with van der Waals surface area (Å²) in [6.45, 7) is 6.76. The van der Waals surface area contributed by atoms with Gasteiger partial charge in [0.1, 0.15) is 18.3 Å². The van der Waals surface area contributed by atoms with E-state index in [2.05, 4.69) is 11.6 Å². The molecule has 0 saturated carbocycles. The molecule has 0 unspecified atom stereocenters. The molecule has 0 aliphatic carbocycles. The summed E-state index contributed by atoms with van der Waals surface area (Å²) in [5.41, 5.74) is -0.895. The molecule has 2 heterocycles. The van der Waals surface area contributed by atoms with Crippen molar-refractivity contribution in [2.75, 3.05) is 6.61 Å². The van der Waals surface area contributed by atoms with Gasteiger partial charge in [-0.3, -0.25) is 19.1 Å². The number of hydrogen-bond acceptors (Lipinski definition) is 8. The Bertz CT molecular complexity index is 1400. The molecule has 1 aromatic heterocycles. The van der Waals surface area contributed by atoms with E-state index in [4.69, 9.17) is 18.9 Å². The van der Waals surface area contributed by atoms with Gasteiger partial charge in [0.2, 0.25) is 0 Å². The number of ether oxygens (including phenoxy) is 4. The summed E-state index contributed by atoms with van der Waals surface area (Å²) in [5, 5.41) is 11.6. The van der Waals surface area contributed by atoms with Gasteiger partial charge in [-0.15, -0.1) is 6.58 Å². The molecule has 1 saturated heterocycles. The van der Waals surface area contributed by atoms with Crippen molar-refractivity contribution in [2.24, 2.45) is 0 Å². The number of aromatic nitrogens is 2. The van der Waals surface area contributed by atoms with E-state index >= 15 is 0 Å².